The minimum absolute atomic E-state index is 0.120. The number of thioether (sulfide) groups is 1. The second-order valence-corrected chi connectivity index (χ2v) is 8.86. The number of anilines is 2. The number of nitrogens with two attached hydrogens (primary N) is 2. The Kier molecular flexibility index (Phi) is 7.89. The lowest BCUT2D eigenvalue weighted by atomic mass is 10.1. The quantitative estimate of drug-likeness (QED) is 0.243. The first-order chi connectivity index (χ1) is 14.5. The van der Waals surface area contributed by atoms with Crippen LogP contribution in [0.2, 0.25) is 0 Å². The average molecular weight is 446 g/mol. The summed E-state index contributed by atoms with van der Waals surface area (Å²) in [6.45, 7) is 4.79. The van der Waals surface area contributed by atoms with Gasteiger partial charge in [0.1, 0.15) is 22.4 Å². The van der Waals surface area contributed by atoms with Crippen molar-refractivity contribution in [1.29, 1.82) is 0 Å². The molecule has 30 heavy (non-hydrogen) atoms. The summed E-state index contributed by atoms with van der Waals surface area (Å²) < 4.78 is 5.82. The maximum atomic E-state index is 8.98. The van der Waals surface area contributed by atoms with Crippen molar-refractivity contribution in [2.24, 2.45) is 0 Å². The van der Waals surface area contributed by atoms with Crippen LogP contribution in [0.15, 0.2) is 29.4 Å². The van der Waals surface area contributed by atoms with Crippen LogP contribution in [0, 0.1) is 6.92 Å². The van der Waals surface area contributed by atoms with Crippen molar-refractivity contribution in [1.82, 2.24) is 15.0 Å². The summed E-state index contributed by atoms with van der Waals surface area (Å²) in [4.78, 5) is 14.6. The van der Waals surface area contributed by atoms with Crippen molar-refractivity contribution in [3.05, 3.63) is 40.4 Å². The monoisotopic (exact) mass is 445 g/mol. The van der Waals surface area contributed by atoms with Crippen LogP contribution < -0.4 is 16.2 Å². The Labute approximate surface area is 184 Å². The summed E-state index contributed by atoms with van der Waals surface area (Å²) in [5.41, 5.74) is 14.7. The van der Waals surface area contributed by atoms with E-state index in [1.807, 2.05) is 19.1 Å². The number of nitrogen functional groups attached to an aromatic ring is 2. The zero-order chi connectivity index (χ0) is 21.5. The highest BCUT2D eigenvalue weighted by Gasteiger charge is 2.15. The predicted molar refractivity (Wildman–Crippen MR) is 124 cm³/mol. The Morgan fingerprint density at radius 2 is 1.90 bits per heavy atom. The summed E-state index contributed by atoms with van der Waals surface area (Å²) in [5.74, 6) is 2.21. The van der Waals surface area contributed by atoms with Gasteiger partial charge >= 0.3 is 0 Å². The summed E-state index contributed by atoms with van der Waals surface area (Å²) in [5, 5.41) is 10.5. The van der Waals surface area contributed by atoms with Gasteiger partial charge in [0.2, 0.25) is 0 Å². The molecule has 0 spiro atoms. The van der Waals surface area contributed by atoms with Crippen LogP contribution >= 0.6 is 23.1 Å². The maximum absolute atomic E-state index is 8.98. The van der Waals surface area contributed by atoms with Gasteiger partial charge in [-0.3, -0.25) is 0 Å². The van der Waals surface area contributed by atoms with E-state index in [9.17, 15) is 0 Å². The molecule has 0 atom stereocenters. The number of aliphatic hydroxyl groups excluding tert-OH is 1. The molecule has 0 unspecified atom stereocenters. The molecule has 0 saturated heterocycles. The second-order valence-electron chi connectivity index (χ2n) is 6.83. The van der Waals surface area contributed by atoms with E-state index in [1.165, 1.54) is 16.6 Å². The lowest BCUT2D eigenvalue weighted by molar-refractivity contribution is 0.233. The predicted octanol–water partition coefficient (Wildman–Crippen LogP) is 4.08. The molecule has 7 nitrogen and oxygen atoms in total. The molecule has 2 heterocycles. The van der Waals surface area contributed by atoms with Gasteiger partial charge in [0.05, 0.1) is 12.3 Å². The van der Waals surface area contributed by atoms with Crippen molar-refractivity contribution < 1.29 is 9.84 Å². The normalized spacial score (nSPS) is 11.0. The topological polar surface area (TPSA) is 120 Å². The third-order valence-electron chi connectivity index (χ3n) is 4.33. The Hall–Kier alpha value is -2.36. The Morgan fingerprint density at radius 3 is 2.60 bits per heavy atom. The van der Waals surface area contributed by atoms with Crippen LogP contribution in [0.4, 0.5) is 11.6 Å². The van der Waals surface area contributed by atoms with Gasteiger partial charge < -0.3 is 21.3 Å². The SMILES string of the molecule is CCCc1sc(-c2ccc(C)c(OCCCO)c2)nc1CSc1nc(N)cc(N)n1. The average Bonchev–Trinajstić information content (AvgIpc) is 3.10. The molecule has 0 aliphatic heterocycles. The number of aromatic nitrogens is 3. The van der Waals surface area contributed by atoms with Crippen molar-refractivity contribution in [3.63, 3.8) is 0 Å². The number of aliphatic hydroxyl groups is 1. The van der Waals surface area contributed by atoms with Gasteiger partial charge in [-0.15, -0.1) is 11.3 Å². The highest BCUT2D eigenvalue weighted by atomic mass is 32.2. The molecule has 3 rings (SSSR count). The van der Waals surface area contributed by atoms with Gasteiger partial charge in [0.25, 0.3) is 0 Å². The highest BCUT2D eigenvalue weighted by molar-refractivity contribution is 7.98. The number of nitrogens with zero attached hydrogens (tertiary/aromatic N) is 3. The van der Waals surface area contributed by atoms with Crippen LogP contribution in [-0.2, 0) is 12.2 Å². The molecular weight excluding hydrogens is 418 g/mol. The number of thiazole rings is 1. The number of aryl methyl sites for hydroxylation is 2. The Morgan fingerprint density at radius 1 is 1.13 bits per heavy atom. The fraction of sp³-hybridized carbons (Fsp3) is 0.381. The van der Waals surface area contributed by atoms with E-state index >= 15 is 0 Å². The van der Waals surface area contributed by atoms with E-state index in [4.69, 9.17) is 26.3 Å². The lowest BCUT2D eigenvalue weighted by Crippen LogP contribution is -2.01. The van der Waals surface area contributed by atoms with Gasteiger partial charge in [-0.25, -0.2) is 15.0 Å². The molecule has 0 aliphatic rings. The number of benzene rings is 1. The van der Waals surface area contributed by atoms with Gasteiger partial charge in [0.15, 0.2) is 5.16 Å². The fourth-order valence-corrected chi connectivity index (χ4v) is 4.95. The minimum atomic E-state index is 0.120. The van der Waals surface area contributed by atoms with Crippen LogP contribution in [0.25, 0.3) is 10.6 Å². The summed E-state index contributed by atoms with van der Waals surface area (Å²) in [7, 11) is 0. The zero-order valence-electron chi connectivity index (χ0n) is 17.2. The molecule has 2 aromatic heterocycles. The van der Waals surface area contributed by atoms with Gasteiger partial charge in [-0.05, 0) is 25.0 Å². The molecule has 0 amide bonds. The largest absolute Gasteiger partial charge is 0.493 e. The lowest BCUT2D eigenvalue weighted by Gasteiger charge is -2.09. The van der Waals surface area contributed by atoms with Crippen molar-refractivity contribution in [2.75, 3.05) is 24.7 Å². The van der Waals surface area contributed by atoms with Crippen molar-refractivity contribution >= 4 is 34.7 Å². The van der Waals surface area contributed by atoms with E-state index in [-0.39, 0.29) is 6.61 Å². The first kappa shape index (κ1) is 22.3. The van der Waals surface area contributed by atoms with E-state index < -0.39 is 0 Å². The smallest absolute Gasteiger partial charge is 0.191 e. The first-order valence-corrected chi connectivity index (χ1v) is 11.7. The molecule has 3 aromatic rings. The standard InChI is InChI=1S/C21H27N5O2S2/c1-3-5-17-15(12-29-21-25-18(22)11-19(23)26-21)24-20(30-17)14-7-6-13(2)16(10-14)28-9-4-8-27/h6-7,10-11,27H,3-5,8-9,12H2,1-2H3,(H4,22,23,25,26). The van der Waals surface area contributed by atoms with E-state index in [0.29, 0.717) is 35.6 Å². The molecule has 0 fully saturated rings. The molecule has 5 N–H and O–H groups in total. The van der Waals surface area contributed by atoms with Gasteiger partial charge in [-0.2, -0.15) is 0 Å². The molecule has 0 radical (unpaired) electrons. The van der Waals surface area contributed by atoms with Crippen LogP contribution in [0.5, 0.6) is 5.75 Å². The third kappa shape index (κ3) is 5.84. The fourth-order valence-electron chi connectivity index (χ4n) is 2.84. The number of rotatable bonds is 10. The molecule has 0 aliphatic carbocycles. The van der Waals surface area contributed by atoms with E-state index in [1.54, 1.807) is 17.4 Å². The molecular formula is C21H27N5O2S2. The molecule has 0 saturated carbocycles. The number of hydrogen-bond acceptors (Lipinski definition) is 9. The van der Waals surface area contributed by atoms with Crippen LogP contribution in [0.3, 0.4) is 0 Å². The van der Waals surface area contributed by atoms with E-state index in [2.05, 4.69) is 23.0 Å². The Balaban J connectivity index is 1.82. The van der Waals surface area contributed by atoms with Crippen molar-refractivity contribution in [2.45, 2.75) is 44.0 Å². The van der Waals surface area contributed by atoms with Crippen LogP contribution in [0.1, 0.15) is 35.9 Å². The van der Waals surface area contributed by atoms with Crippen LogP contribution in [-0.4, -0.2) is 33.3 Å². The van der Waals surface area contributed by atoms with Gasteiger partial charge in [0, 0.05) is 35.3 Å². The summed E-state index contributed by atoms with van der Waals surface area (Å²) in [6.07, 6.45) is 2.63. The van der Waals surface area contributed by atoms with Gasteiger partial charge in [-0.1, -0.05) is 37.2 Å². The number of hydrogen-bond donors (Lipinski definition) is 3. The zero-order valence-corrected chi connectivity index (χ0v) is 18.9. The minimum Gasteiger partial charge on any atom is -0.493 e. The second kappa shape index (κ2) is 10.6. The molecule has 9 heteroatoms. The van der Waals surface area contributed by atoms with E-state index in [0.717, 1.165) is 40.4 Å². The highest BCUT2D eigenvalue weighted by Crippen LogP contribution is 2.34. The molecule has 160 valence electrons. The first-order valence-electron chi connectivity index (χ1n) is 9.86. The third-order valence-corrected chi connectivity index (χ3v) is 6.40. The Bertz CT molecular complexity index is 973. The summed E-state index contributed by atoms with van der Waals surface area (Å²) in [6, 6.07) is 7.69. The molecule has 1 aromatic carbocycles. The molecule has 0 bridgehead atoms. The number of ether oxygens (including phenoxy) is 1. The maximum Gasteiger partial charge on any atom is 0.191 e. The summed E-state index contributed by atoms with van der Waals surface area (Å²) >= 11 is 3.19. The van der Waals surface area contributed by atoms with Crippen molar-refractivity contribution in [3.8, 4) is 16.3 Å².